The predicted octanol–water partition coefficient (Wildman–Crippen LogP) is 4.11. The van der Waals surface area contributed by atoms with Gasteiger partial charge in [0.15, 0.2) is 11.5 Å². The van der Waals surface area contributed by atoms with Crippen LogP contribution in [0.25, 0.3) is 6.08 Å². The first-order valence-corrected chi connectivity index (χ1v) is 13.5. The van der Waals surface area contributed by atoms with Gasteiger partial charge in [-0.25, -0.2) is 0 Å². The number of hydrogen-bond donors (Lipinski definition) is 0. The van der Waals surface area contributed by atoms with Crippen molar-refractivity contribution in [3.8, 4) is 17.6 Å². The molecule has 4 rings (SSSR count). The largest absolute Gasteiger partial charge is 0.493 e. The number of carbonyl (C=O) groups is 1. The van der Waals surface area contributed by atoms with E-state index in [2.05, 4.69) is 11.0 Å². The number of amides is 1. The van der Waals surface area contributed by atoms with Gasteiger partial charge in [-0.15, -0.1) is 0 Å². The highest BCUT2D eigenvalue weighted by molar-refractivity contribution is 8.26. The van der Waals surface area contributed by atoms with E-state index in [1.807, 2.05) is 31.2 Å². The third kappa shape index (κ3) is 5.11. The number of methoxy groups -OCH3 is 2. The van der Waals surface area contributed by atoms with Crippen molar-refractivity contribution in [2.24, 2.45) is 0 Å². The van der Waals surface area contributed by atoms with Crippen LogP contribution in [0.3, 0.4) is 0 Å². The smallest absolute Gasteiger partial charge is 0.270 e. The Morgan fingerprint density at radius 2 is 1.86 bits per heavy atom. The van der Waals surface area contributed by atoms with E-state index in [1.165, 1.54) is 11.8 Å². The molecule has 0 atom stereocenters. The molecule has 2 aliphatic heterocycles. The SMILES string of the molecule is CCn1c(N2CCCC2)c(/C=C2/SC(=S)N(CCc3ccc(OC)c(OC)c3)C2=O)c(C)c(C#N)c1=O. The van der Waals surface area contributed by atoms with Gasteiger partial charge < -0.3 is 14.4 Å². The van der Waals surface area contributed by atoms with Crippen LogP contribution in [0.1, 0.15) is 42.0 Å². The van der Waals surface area contributed by atoms with Crippen molar-refractivity contribution in [1.29, 1.82) is 5.26 Å². The molecule has 2 fully saturated rings. The van der Waals surface area contributed by atoms with Crippen molar-refractivity contribution in [1.82, 2.24) is 9.47 Å². The third-order valence-corrected chi connectivity index (χ3v) is 8.17. The lowest BCUT2D eigenvalue weighted by Gasteiger charge is -2.26. The Morgan fingerprint density at radius 3 is 2.49 bits per heavy atom. The average molecular weight is 539 g/mol. The molecule has 0 bridgehead atoms. The highest BCUT2D eigenvalue weighted by Crippen LogP contribution is 2.37. The van der Waals surface area contributed by atoms with Crippen molar-refractivity contribution in [3.05, 3.63) is 55.7 Å². The van der Waals surface area contributed by atoms with Gasteiger partial charge in [0.05, 0.1) is 19.1 Å². The molecule has 0 radical (unpaired) electrons. The van der Waals surface area contributed by atoms with E-state index in [0.29, 0.717) is 45.8 Å². The Labute approximate surface area is 226 Å². The molecule has 1 aromatic carbocycles. The summed E-state index contributed by atoms with van der Waals surface area (Å²) in [6.45, 7) is 6.20. The summed E-state index contributed by atoms with van der Waals surface area (Å²) in [5.41, 5.74) is 2.15. The average Bonchev–Trinajstić information content (AvgIpc) is 3.52. The summed E-state index contributed by atoms with van der Waals surface area (Å²) in [5, 5.41) is 9.73. The number of hydrogen-bond acceptors (Lipinski definition) is 8. The van der Waals surface area contributed by atoms with Gasteiger partial charge in [-0.2, -0.15) is 5.26 Å². The highest BCUT2D eigenvalue weighted by atomic mass is 32.2. The van der Waals surface area contributed by atoms with Crippen molar-refractivity contribution >= 4 is 46.1 Å². The van der Waals surface area contributed by atoms with Crippen LogP contribution < -0.4 is 19.9 Å². The lowest BCUT2D eigenvalue weighted by molar-refractivity contribution is -0.122. The molecule has 2 aliphatic rings. The molecule has 3 heterocycles. The zero-order valence-corrected chi connectivity index (χ0v) is 23.1. The molecule has 1 amide bonds. The zero-order chi connectivity index (χ0) is 26.7. The molecule has 2 aromatic rings. The van der Waals surface area contributed by atoms with Crippen molar-refractivity contribution in [2.75, 3.05) is 38.8 Å². The minimum atomic E-state index is -0.288. The minimum Gasteiger partial charge on any atom is -0.493 e. The molecule has 8 nitrogen and oxygen atoms in total. The van der Waals surface area contributed by atoms with Gasteiger partial charge in [0, 0.05) is 31.7 Å². The first-order valence-electron chi connectivity index (χ1n) is 12.2. The van der Waals surface area contributed by atoms with Gasteiger partial charge in [0.1, 0.15) is 21.8 Å². The summed E-state index contributed by atoms with van der Waals surface area (Å²) >= 11 is 6.82. The Hall–Kier alpha value is -3.29. The number of thioether (sulfide) groups is 1. The summed E-state index contributed by atoms with van der Waals surface area (Å²) in [7, 11) is 3.18. The van der Waals surface area contributed by atoms with E-state index in [9.17, 15) is 14.9 Å². The van der Waals surface area contributed by atoms with Gasteiger partial charge in [0.2, 0.25) is 0 Å². The molecule has 0 saturated carbocycles. The lowest BCUT2D eigenvalue weighted by Crippen LogP contribution is -2.33. The lowest BCUT2D eigenvalue weighted by atomic mass is 10.0. The summed E-state index contributed by atoms with van der Waals surface area (Å²) in [4.78, 5) is 30.8. The number of aromatic nitrogens is 1. The van der Waals surface area contributed by atoms with Crippen molar-refractivity contribution in [3.63, 3.8) is 0 Å². The van der Waals surface area contributed by atoms with Crippen LogP contribution in [0.4, 0.5) is 5.82 Å². The Morgan fingerprint density at radius 1 is 1.16 bits per heavy atom. The molecule has 37 heavy (non-hydrogen) atoms. The van der Waals surface area contributed by atoms with E-state index in [0.717, 1.165) is 42.9 Å². The number of thiocarbonyl (C=S) groups is 1. The maximum atomic E-state index is 13.4. The molecule has 10 heteroatoms. The Kier molecular flexibility index (Phi) is 8.25. The quantitative estimate of drug-likeness (QED) is 0.367. The second-order valence-corrected chi connectivity index (χ2v) is 10.5. The molecule has 194 valence electrons. The van der Waals surface area contributed by atoms with E-state index in [4.69, 9.17) is 21.7 Å². The summed E-state index contributed by atoms with van der Waals surface area (Å²) in [6.07, 6.45) is 4.48. The maximum Gasteiger partial charge on any atom is 0.270 e. The zero-order valence-electron chi connectivity index (χ0n) is 21.5. The van der Waals surface area contributed by atoms with Gasteiger partial charge >= 0.3 is 0 Å². The van der Waals surface area contributed by atoms with Crippen LogP contribution in [-0.4, -0.2) is 53.5 Å². The van der Waals surface area contributed by atoms with Gasteiger partial charge in [-0.3, -0.25) is 19.1 Å². The molecule has 0 N–H and O–H groups in total. The normalized spacial score (nSPS) is 16.6. The number of ether oxygens (including phenoxy) is 2. The summed E-state index contributed by atoms with van der Waals surface area (Å²) in [6, 6.07) is 7.76. The van der Waals surface area contributed by atoms with Crippen LogP contribution in [0.5, 0.6) is 11.5 Å². The van der Waals surface area contributed by atoms with Crippen LogP contribution in [0.2, 0.25) is 0 Å². The molecule has 1 aromatic heterocycles. The van der Waals surface area contributed by atoms with Crippen molar-refractivity contribution in [2.45, 2.75) is 39.7 Å². The molecule has 2 saturated heterocycles. The molecule has 0 aliphatic carbocycles. The van der Waals surface area contributed by atoms with Gasteiger partial charge in [-0.05, 0) is 62.4 Å². The first-order chi connectivity index (χ1) is 17.8. The number of pyridine rings is 1. The topological polar surface area (TPSA) is 87.8 Å². The van der Waals surface area contributed by atoms with E-state index < -0.39 is 0 Å². The number of carbonyl (C=O) groups excluding carboxylic acids is 1. The Balaban J connectivity index is 1.67. The molecule has 0 spiro atoms. The van der Waals surface area contributed by atoms with Crippen LogP contribution in [0.15, 0.2) is 27.9 Å². The van der Waals surface area contributed by atoms with E-state index in [-0.39, 0.29) is 17.0 Å². The summed E-state index contributed by atoms with van der Waals surface area (Å²) < 4.78 is 12.8. The number of benzene rings is 1. The van der Waals surface area contributed by atoms with Gasteiger partial charge in [0.25, 0.3) is 11.5 Å². The predicted molar refractivity (Wildman–Crippen MR) is 150 cm³/mol. The van der Waals surface area contributed by atoms with Crippen LogP contribution in [0, 0.1) is 18.3 Å². The minimum absolute atomic E-state index is 0.111. The first kappa shape index (κ1) is 26.8. The number of anilines is 1. The van der Waals surface area contributed by atoms with Crippen molar-refractivity contribution < 1.29 is 14.3 Å². The second-order valence-electron chi connectivity index (χ2n) is 8.87. The number of nitrogens with zero attached hydrogens (tertiary/aromatic N) is 4. The third-order valence-electron chi connectivity index (χ3n) is 6.79. The van der Waals surface area contributed by atoms with Gasteiger partial charge in [-0.1, -0.05) is 30.0 Å². The maximum absolute atomic E-state index is 13.4. The number of rotatable bonds is 8. The molecular weight excluding hydrogens is 508 g/mol. The standard InChI is InChI=1S/C27H30N4O4S2/c1-5-30-24(29-11-6-7-12-29)19(17(2)20(16-28)25(30)32)15-23-26(33)31(27(36)37-23)13-10-18-8-9-21(34-3)22(14-18)35-4/h8-9,14-15H,5-7,10-13H2,1-4H3/b23-15+. The molecular formula is C27H30N4O4S2. The van der Waals surface area contributed by atoms with Crippen LogP contribution in [-0.2, 0) is 17.8 Å². The number of nitriles is 1. The fourth-order valence-electron chi connectivity index (χ4n) is 4.81. The van der Waals surface area contributed by atoms with E-state index in [1.54, 1.807) is 30.6 Å². The second kappa shape index (κ2) is 11.4. The molecule has 0 unspecified atom stereocenters. The fourth-order valence-corrected chi connectivity index (χ4v) is 6.10. The highest BCUT2D eigenvalue weighted by Gasteiger charge is 2.33. The fraction of sp³-hybridized carbons (Fsp3) is 0.407. The monoisotopic (exact) mass is 538 g/mol. The van der Waals surface area contributed by atoms with E-state index >= 15 is 0 Å². The Bertz CT molecular complexity index is 1370. The van der Waals surface area contributed by atoms with Crippen LogP contribution >= 0.6 is 24.0 Å². The summed E-state index contributed by atoms with van der Waals surface area (Å²) in [5.74, 6) is 1.88.